The lowest BCUT2D eigenvalue weighted by molar-refractivity contribution is -0.306. The van der Waals surface area contributed by atoms with Gasteiger partial charge in [0.15, 0.2) is 12.1 Å². The highest BCUT2D eigenvalue weighted by atomic mass is 16.7. The Morgan fingerprint density at radius 3 is 2.54 bits per heavy atom. The van der Waals surface area contributed by atoms with Gasteiger partial charge in [-0.2, -0.15) is 0 Å². The van der Waals surface area contributed by atoms with Crippen LogP contribution in [0.2, 0.25) is 0 Å². The molecule has 26 heavy (non-hydrogen) atoms. The van der Waals surface area contributed by atoms with E-state index >= 15 is 0 Å². The number of aliphatic hydroxyl groups excluding tert-OH is 4. The van der Waals surface area contributed by atoms with Crippen LogP contribution in [0.25, 0.3) is 0 Å². The lowest BCUT2D eigenvalue weighted by Crippen LogP contribution is -2.59. The molecule has 0 aromatic rings. The Bertz CT molecular complexity index is 566. The van der Waals surface area contributed by atoms with Gasteiger partial charge < -0.3 is 29.9 Å². The normalized spacial score (nSPS) is 39.1. The number of carbonyl (C=O) groups excluding carboxylic acids is 1. The molecule has 0 spiro atoms. The third-order valence-corrected chi connectivity index (χ3v) is 5.12. The fraction of sp³-hybridized carbons (Fsp3) is 0.737. The smallest absolute Gasteiger partial charge is 0.187 e. The second kappa shape index (κ2) is 8.29. The molecule has 1 unspecified atom stereocenters. The Balaban J connectivity index is 2.03. The van der Waals surface area contributed by atoms with E-state index in [1.807, 2.05) is 32.9 Å². The van der Waals surface area contributed by atoms with E-state index in [1.54, 1.807) is 13.0 Å². The van der Waals surface area contributed by atoms with Crippen molar-refractivity contribution in [1.29, 1.82) is 0 Å². The molecule has 0 aromatic carbocycles. The maximum Gasteiger partial charge on any atom is 0.187 e. The second-order valence-electron chi connectivity index (χ2n) is 7.92. The summed E-state index contributed by atoms with van der Waals surface area (Å²) in [5.74, 6) is 0.212. The molecular formula is C19H30O7. The summed E-state index contributed by atoms with van der Waals surface area (Å²) in [6, 6.07) is 0. The summed E-state index contributed by atoms with van der Waals surface area (Å²) in [4.78, 5) is 11.8. The molecule has 1 fully saturated rings. The Hall–Kier alpha value is -1.09. The average molecular weight is 370 g/mol. The van der Waals surface area contributed by atoms with E-state index in [0.29, 0.717) is 6.42 Å². The minimum atomic E-state index is -1.46. The molecule has 2 aliphatic rings. The third kappa shape index (κ3) is 4.60. The van der Waals surface area contributed by atoms with Gasteiger partial charge >= 0.3 is 0 Å². The van der Waals surface area contributed by atoms with Crippen LogP contribution in [0.15, 0.2) is 23.8 Å². The third-order valence-electron chi connectivity index (χ3n) is 5.12. The zero-order chi connectivity index (χ0) is 19.6. The second-order valence-corrected chi connectivity index (χ2v) is 7.92. The zero-order valence-corrected chi connectivity index (χ0v) is 15.7. The average Bonchev–Trinajstić information content (AvgIpc) is 2.53. The monoisotopic (exact) mass is 370 g/mol. The highest BCUT2D eigenvalue weighted by Gasteiger charge is 2.44. The van der Waals surface area contributed by atoms with Gasteiger partial charge in [-0.15, -0.1) is 0 Å². The van der Waals surface area contributed by atoms with Crippen molar-refractivity contribution >= 4 is 5.78 Å². The summed E-state index contributed by atoms with van der Waals surface area (Å²) in [6.45, 7) is 7.28. The van der Waals surface area contributed by atoms with E-state index in [-0.39, 0.29) is 17.1 Å². The van der Waals surface area contributed by atoms with Gasteiger partial charge in [0.1, 0.15) is 24.4 Å². The Morgan fingerprint density at radius 1 is 1.31 bits per heavy atom. The lowest BCUT2D eigenvalue weighted by Gasteiger charge is -2.40. The van der Waals surface area contributed by atoms with Crippen LogP contribution in [0.4, 0.5) is 0 Å². The molecule has 1 aliphatic carbocycles. The van der Waals surface area contributed by atoms with E-state index < -0.39 is 43.4 Å². The quantitative estimate of drug-likeness (QED) is 0.515. The van der Waals surface area contributed by atoms with Gasteiger partial charge in [-0.1, -0.05) is 31.6 Å². The summed E-state index contributed by atoms with van der Waals surface area (Å²) in [7, 11) is 0. The molecule has 0 amide bonds. The first kappa shape index (κ1) is 21.2. The maximum atomic E-state index is 11.8. The van der Waals surface area contributed by atoms with Gasteiger partial charge in [-0.3, -0.25) is 4.79 Å². The van der Waals surface area contributed by atoms with Crippen molar-refractivity contribution in [2.24, 2.45) is 11.3 Å². The summed E-state index contributed by atoms with van der Waals surface area (Å²) in [6.07, 6.45) is -0.958. The Labute approximate surface area is 153 Å². The molecule has 7 nitrogen and oxygen atoms in total. The number of hydrogen-bond donors (Lipinski definition) is 4. The number of aliphatic hydroxyl groups is 4. The summed E-state index contributed by atoms with van der Waals surface area (Å²) < 4.78 is 11.0. The molecule has 1 aliphatic heterocycles. The molecule has 0 saturated carbocycles. The van der Waals surface area contributed by atoms with Gasteiger partial charge in [0.05, 0.1) is 12.7 Å². The first-order chi connectivity index (χ1) is 12.1. The fourth-order valence-electron chi connectivity index (χ4n) is 3.69. The van der Waals surface area contributed by atoms with Crippen molar-refractivity contribution in [3.8, 4) is 0 Å². The van der Waals surface area contributed by atoms with Crippen LogP contribution in [0.1, 0.15) is 34.1 Å². The topological polar surface area (TPSA) is 116 Å². The molecule has 1 saturated heterocycles. The predicted molar refractivity (Wildman–Crippen MR) is 94.1 cm³/mol. The molecule has 7 atom stereocenters. The molecule has 0 radical (unpaired) electrons. The van der Waals surface area contributed by atoms with Crippen molar-refractivity contribution in [2.75, 3.05) is 6.61 Å². The standard InChI is InChI=1S/C19H30O7/c1-10-7-12(21)8-19(3,4)13(10)6-5-11(2)25-18-17(24)16(23)15(22)14(9-20)26-18/h5-7,11,13-18,20,22-24H,8-9H2,1-4H3/b6-5+/t11?,13-,14+,15+,16-,17+,18+/m0/s1. The SMILES string of the molecule is CC1=CC(=O)CC(C)(C)[C@H]1/C=C/C(C)O[C@@H]1O[C@H](CO)[C@@H](O)[C@H](O)[C@H]1O. The molecule has 0 aromatic heterocycles. The Kier molecular flexibility index (Phi) is 6.76. The van der Waals surface area contributed by atoms with Crippen LogP contribution in [0.5, 0.6) is 0 Å². The van der Waals surface area contributed by atoms with Crippen LogP contribution >= 0.6 is 0 Å². The number of hydrogen-bond acceptors (Lipinski definition) is 7. The molecule has 1 heterocycles. The highest BCUT2D eigenvalue weighted by Crippen LogP contribution is 2.40. The van der Waals surface area contributed by atoms with Gasteiger partial charge in [0.2, 0.25) is 0 Å². The van der Waals surface area contributed by atoms with E-state index in [9.17, 15) is 25.2 Å². The van der Waals surface area contributed by atoms with Crippen LogP contribution in [0.3, 0.4) is 0 Å². The number of ketones is 1. The van der Waals surface area contributed by atoms with Gasteiger partial charge in [0.25, 0.3) is 0 Å². The number of allylic oxidation sites excluding steroid dienone is 3. The van der Waals surface area contributed by atoms with E-state index in [4.69, 9.17) is 9.47 Å². The van der Waals surface area contributed by atoms with Crippen molar-refractivity contribution in [3.63, 3.8) is 0 Å². The lowest BCUT2D eigenvalue weighted by atomic mass is 9.68. The maximum absolute atomic E-state index is 11.8. The number of ether oxygens (including phenoxy) is 2. The number of rotatable bonds is 5. The van der Waals surface area contributed by atoms with Crippen LogP contribution in [-0.4, -0.2) is 69.6 Å². The summed E-state index contributed by atoms with van der Waals surface area (Å²) in [5.41, 5.74) is 0.789. The largest absolute Gasteiger partial charge is 0.394 e. The van der Waals surface area contributed by atoms with Crippen molar-refractivity contribution in [1.82, 2.24) is 0 Å². The molecule has 148 valence electrons. The van der Waals surface area contributed by atoms with Gasteiger partial charge in [-0.05, 0) is 25.3 Å². The predicted octanol–water partition coefficient (Wildman–Crippen LogP) is 0.309. The van der Waals surface area contributed by atoms with Crippen molar-refractivity contribution in [3.05, 3.63) is 23.8 Å². The summed E-state index contributed by atoms with van der Waals surface area (Å²) >= 11 is 0. The molecule has 4 N–H and O–H groups in total. The zero-order valence-electron chi connectivity index (χ0n) is 15.7. The molecular weight excluding hydrogens is 340 g/mol. The summed E-state index contributed by atoms with van der Waals surface area (Å²) in [5, 5.41) is 38.9. The van der Waals surface area contributed by atoms with Gasteiger partial charge in [-0.25, -0.2) is 0 Å². The van der Waals surface area contributed by atoms with Crippen LogP contribution in [-0.2, 0) is 14.3 Å². The Morgan fingerprint density at radius 2 is 1.96 bits per heavy atom. The van der Waals surface area contributed by atoms with Crippen molar-refractivity contribution in [2.45, 2.75) is 70.9 Å². The van der Waals surface area contributed by atoms with E-state index in [2.05, 4.69) is 0 Å². The first-order valence-corrected chi connectivity index (χ1v) is 8.92. The molecule has 2 rings (SSSR count). The molecule has 0 bridgehead atoms. The van der Waals surface area contributed by atoms with Crippen LogP contribution in [0, 0.1) is 11.3 Å². The van der Waals surface area contributed by atoms with Gasteiger partial charge in [0, 0.05) is 12.3 Å². The minimum Gasteiger partial charge on any atom is -0.394 e. The number of carbonyl (C=O) groups is 1. The fourth-order valence-corrected chi connectivity index (χ4v) is 3.69. The highest BCUT2D eigenvalue weighted by molar-refractivity contribution is 5.92. The van der Waals surface area contributed by atoms with Crippen LogP contribution < -0.4 is 0 Å². The first-order valence-electron chi connectivity index (χ1n) is 8.92. The minimum absolute atomic E-state index is 0.0843. The van der Waals surface area contributed by atoms with E-state index in [1.165, 1.54) is 0 Å². The van der Waals surface area contributed by atoms with Crippen molar-refractivity contribution < 1.29 is 34.7 Å². The van der Waals surface area contributed by atoms with E-state index in [0.717, 1.165) is 5.57 Å². The molecule has 7 heteroatoms.